The Labute approximate surface area is 105 Å². The summed E-state index contributed by atoms with van der Waals surface area (Å²) in [6.45, 7) is 4.33. The molecule has 0 aromatic carbocycles. The Morgan fingerprint density at radius 1 is 1.71 bits per heavy atom. The van der Waals surface area contributed by atoms with Gasteiger partial charge in [-0.3, -0.25) is 0 Å². The van der Waals surface area contributed by atoms with Gasteiger partial charge in [0.05, 0.1) is 11.2 Å². The zero-order valence-electron chi connectivity index (χ0n) is 8.23. The van der Waals surface area contributed by atoms with Crippen molar-refractivity contribution < 1.29 is 0 Å². The van der Waals surface area contributed by atoms with Crippen LogP contribution in [0.4, 0.5) is 0 Å². The molecule has 0 aliphatic heterocycles. The predicted molar refractivity (Wildman–Crippen MR) is 79.7 cm³/mol. The van der Waals surface area contributed by atoms with Crippen molar-refractivity contribution in [3.8, 4) is 12.3 Å². The van der Waals surface area contributed by atoms with Crippen LogP contribution in [0.1, 0.15) is 20.3 Å². The smallest absolute Gasteiger partial charge is 0.142 e. The lowest BCUT2D eigenvalue weighted by molar-refractivity contribution is 0.912. The average Bonchev–Trinajstić information content (AvgIpc) is 2.15. The molecular formula is C8H14NPS4. The number of hydrogen-bond donors (Lipinski definition) is 1. The van der Waals surface area contributed by atoms with E-state index in [0.717, 1.165) is 6.42 Å². The Kier molecular flexibility index (Phi) is 8.47. The van der Waals surface area contributed by atoms with Gasteiger partial charge >= 0.3 is 0 Å². The second-order valence-electron chi connectivity index (χ2n) is 2.55. The van der Waals surface area contributed by atoms with Gasteiger partial charge in [0.15, 0.2) is 0 Å². The van der Waals surface area contributed by atoms with E-state index in [1.165, 1.54) is 5.49 Å². The maximum Gasteiger partial charge on any atom is 0.142 e. The third kappa shape index (κ3) is 6.31. The van der Waals surface area contributed by atoms with Gasteiger partial charge in [-0.25, -0.2) is 0 Å². The molecule has 2 atom stereocenters. The van der Waals surface area contributed by atoms with E-state index in [1.54, 1.807) is 22.8 Å². The molecule has 80 valence electrons. The van der Waals surface area contributed by atoms with Crippen LogP contribution in [0, 0.1) is 12.3 Å². The lowest BCUT2D eigenvalue weighted by atomic mass is 10.4. The van der Waals surface area contributed by atoms with Gasteiger partial charge in [0.2, 0.25) is 0 Å². The van der Waals surface area contributed by atoms with Crippen LogP contribution in [0.15, 0.2) is 0 Å². The molecule has 14 heavy (non-hydrogen) atoms. The first-order valence-corrected chi connectivity index (χ1v) is 10.5. The minimum Gasteiger partial charge on any atom is -0.339 e. The molecule has 0 saturated carbocycles. The standard InChI is InChI=1S/C8H14NPS4/c1-4-6-13-10(12,9-7-11)14-8(3)5-2/h1,7-8H,5-6H2,2-3H3,(H,9,11,12). The van der Waals surface area contributed by atoms with Crippen LogP contribution >= 0.6 is 39.6 Å². The highest BCUT2D eigenvalue weighted by molar-refractivity contribution is 9.00. The molecule has 2 unspecified atom stereocenters. The summed E-state index contributed by atoms with van der Waals surface area (Å²) in [5.74, 6) is 3.25. The molecule has 0 aromatic heterocycles. The summed E-state index contributed by atoms with van der Waals surface area (Å²) in [5.41, 5.74) is 1.51. The molecule has 0 aromatic rings. The van der Waals surface area contributed by atoms with E-state index in [-0.39, 0.29) is 0 Å². The van der Waals surface area contributed by atoms with Crippen molar-refractivity contribution in [3.05, 3.63) is 0 Å². The molecule has 0 saturated heterocycles. The Morgan fingerprint density at radius 2 is 2.36 bits per heavy atom. The van der Waals surface area contributed by atoms with E-state index in [9.17, 15) is 0 Å². The molecule has 0 spiro atoms. The van der Waals surface area contributed by atoms with Crippen molar-refractivity contribution in [3.63, 3.8) is 0 Å². The molecule has 1 N–H and O–H groups in total. The second kappa shape index (κ2) is 8.01. The van der Waals surface area contributed by atoms with Gasteiger partial charge in [-0.1, -0.05) is 66.6 Å². The molecule has 0 fully saturated rings. The normalized spacial score (nSPS) is 16.4. The summed E-state index contributed by atoms with van der Waals surface area (Å²) in [6, 6.07) is 0. The van der Waals surface area contributed by atoms with E-state index < -0.39 is 4.59 Å². The van der Waals surface area contributed by atoms with Gasteiger partial charge in [-0.2, -0.15) is 0 Å². The van der Waals surface area contributed by atoms with Crippen LogP contribution in [0.25, 0.3) is 0 Å². The monoisotopic (exact) mass is 283 g/mol. The van der Waals surface area contributed by atoms with Gasteiger partial charge in [0.1, 0.15) is 4.59 Å². The maximum absolute atomic E-state index is 5.54. The predicted octanol–water partition coefficient (Wildman–Crippen LogP) is 3.66. The molecule has 1 nitrogen and oxygen atoms in total. The minimum atomic E-state index is -1.69. The molecule has 0 heterocycles. The van der Waals surface area contributed by atoms with Crippen molar-refractivity contribution in [2.45, 2.75) is 25.5 Å². The van der Waals surface area contributed by atoms with E-state index in [1.807, 2.05) is 0 Å². The molecular weight excluding hydrogens is 269 g/mol. The summed E-state index contributed by atoms with van der Waals surface area (Å²) in [4.78, 5) is 0. The molecule has 0 aliphatic carbocycles. The highest BCUT2D eigenvalue weighted by Crippen LogP contribution is 2.67. The van der Waals surface area contributed by atoms with E-state index in [4.69, 9.17) is 30.4 Å². The molecule has 6 heteroatoms. The maximum atomic E-state index is 5.54. The highest BCUT2D eigenvalue weighted by atomic mass is 33.2. The molecule has 0 rings (SSSR count). The quantitative estimate of drug-likeness (QED) is 0.433. The molecule has 0 amide bonds. The second-order valence-corrected chi connectivity index (χ2v) is 14.0. The van der Waals surface area contributed by atoms with Crippen LogP contribution in [0.5, 0.6) is 0 Å². The van der Waals surface area contributed by atoms with Crippen molar-refractivity contribution >= 4 is 56.9 Å². The first-order valence-electron chi connectivity index (χ1n) is 4.16. The number of rotatable bonds is 7. The number of thiocarbonyl (C=S) groups is 1. The SMILES string of the molecule is C#CCSP(=S)(NC=S)SC(C)CC. The van der Waals surface area contributed by atoms with Gasteiger partial charge in [-0.15, -0.1) is 6.42 Å². The van der Waals surface area contributed by atoms with Crippen LogP contribution < -0.4 is 5.09 Å². The van der Waals surface area contributed by atoms with E-state index in [2.05, 4.69) is 24.9 Å². The summed E-state index contributed by atoms with van der Waals surface area (Å²) in [5, 5.41) is 3.65. The summed E-state index contributed by atoms with van der Waals surface area (Å²) in [6.07, 6.45) is 6.33. The van der Waals surface area contributed by atoms with E-state index >= 15 is 0 Å². The number of nitrogens with one attached hydrogen (secondary N) is 1. The van der Waals surface area contributed by atoms with Crippen molar-refractivity contribution in [1.82, 2.24) is 5.09 Å². The highest BCUT2D eigenvalue weighted by Gasteiger charge is 2.19. The fourth-order valence-corrected chi connectivity index (χ4v) is 10.7. The van der Waals surface area contributed by atoms with Crippen molar-refractivity contribution in [1.29, 1.82) is 0 Å². The number of terminal acetylenes is 1. The zero-order valence-corrected chi connectivity index (χ0v) is 12.4. The van der Waals surface area contributed by atoms with Gasteiger partial charge in [0, 0.05) is 5.25 Å². The van der Waals surface area contributed by atoms with Crippen LogP contribution in [0.3, 0.4) is 0 Å². The van der Waals surface area contributed by atoms with Crippen molar-refractivity contribution in [2.75, 3.05) is 5.75 Å². The first kappa shape index (κ1) is 14.8. The summed E-state index contributed by atoms with van der Waals surface area (Å²) in [7, 11) is 0. The van der Waals surface area contributed by atoms with Gasteiger partial charge in [-0.05, 0) is 6.42 Å². The van der Waals surface area contributed by atoms with Crippen LogP contribution in [-0.2, 0) is 11.8 Å². The largest absolute Gasteiger partial charge is 0.339 e. The third-order valence-electron chi connectivity index (χ3n) is 1.42. The zero-order chi connectivity index (χ0) is 11.0. The minimum absolute atomic E-state index is 0.550. The molecule has 0 aliphatic rings. The summed E-state index contributed by atoms with van der Waals surface area (Å²) >= 11 is 13.8. The molecule has 0 bridgehead atoms. The summed E-state index contributed by atoms with van der Waals surface area (Å²) < 4.78 is -1.69. The fourth-order valence-electron chi connectivity index (χ4n) is 0.596. The average molecular weight is 283 g/mol. The fraction of sp³-hybridized carbons (Fsp3) is 0.625. The molecule has 0 radical (unpaired) electrons. The third-order valence-corrected chi connectivity index (χ3v) is 11.5. The first-order chi connectivity index (χ1) is 6.58. The van der Waals surface area contributed by atoms with Crippen LogP contribution in [-0.4, -0.2) is 16.5 Å². The Morgan fingerprint density at radius 3 is 2.79 bits per heavy atom. The van der Waals surface area contributed by atoms with E-state index in [0.29, 0.717) is 11.0 Å². The topological polar surface area (TPSA) is 12.0 Å². The lowest BCUT2D eigenvalue weighted by Crippen LogP contribution is -2.04. The Hall–Kier alpha value is 0.800. The number of hydrogen-bond acceptors (Lipinski definition) is 4. The Bertz CT molecular complexity index is 261. The lowest BCUT2D eigenvalue weighted by Gasteiger charge is -2.22. The van der Waals surface area contributed by atoms with Gasteiger partial charge in [0.25, 0.3) is 0 Å². The van der Waals surface area contributed by atoms with Gasteiger partial charge < -0.3 is 5.09 Å². The van der Waals surface area contributed by atoms with Crippen molar-refractivity contribution in [2.24, 2.45) is 0 Å². The Balaban J connectivity index is 4.31. The van der Waals surface area contributed by atoms with Crippen LogP contribution in [0.2, 0.25) is 0 Å².